The van der Waals surface area contributed by atoms with Gasteiger partial charge in [0.2, 0.25) is 0 Å². The molecule has 0 heterocycles. The third kappa shape index (κ3) is 6.16. The lowest BCUT2D eigenvalue weighted by Gasteiger charge is -2.33. The van der Waals surface area contributed by atoms with E-state index in [0.717, 1.165) is 12.8 Å². The monoisotopic (exact) mass is 246 g/mol. The Balaban J connectivity index is 4.60. The van der Waals surface area contributed by atoms with Crippen LogP contribution >= 0.6 is 0 Å². The second-order valence-corrected chi connectivity index (χ2v) is 6.06. The van der Waals surface area contributed by atoms with Crippen LogP contribution in [0.3, 0.4) is 0 Å². The molecular formula is C18H30. The topological polar surface area (TPSA) is 0 Å². The molecule has 0 rings (SSSR count). The quantitative estimate of drug-likeness (QED) is 0.448. The second kappa shape index (κ2) is 8.26. The number of unbranched alkanes of at least 4 members (excludes halogenated alkanes) is 4. The molecule has 18 heavy (non-hydrogen) atoms. The van der Waals surface area contributed by atoms with E-state index in [1.165, 1.54) is 25.7 Å². The summed E-state index contributed by atoms with van der Waals surface area (Å²) >= 11 is 0. The maximum Gasteiger partial charge on any atom is 0.0418 e. The Morgan fingerprint density at radius 2 is 1.00 bits per heavy atom. The van der Waals surface area contributed by atoms with Crippen molar-refractivity contribution in [1.82, 2.24) is 0 Å². The highest BCUT2D eigenvalue weighted by molar-refractivity contribution is 5.22. The molecule has 0 radical (unpaired) electrons. The van der Waals surface area contributed by atoms with E-state index in [1.807, 2.05) is 0 Å². The van der Waals surface area contributed by atoms with Gasteiger partial charge in [0.05, 0.1) is 0 Å². The second-order valence-electron chi connectivity index (χ2n) is 6.06. The smallest absolute Gasteiger partial charge is 0.0418 e. The average molecular weight is 246 g/mol. The van der Waals surface area contributed by atoms with Crippen LogP contribution < -0.4 is 0 Å². The molecule has 0 fully saturated rings. The summed E-state index contributed by atoms with van der Waals surface area (Å²) in [4.78, 5) is 0. The molecule has 0 heteroatoms. The molecule has 0 aliphatic carbocycles. The minimum absolute atomic E-state index is 0.0417. The van der Waals surface area contributed by atoms with Crippen LogP contribution in [-0.2, 0) is 0 Å². The zero-order chi connectivity index (χ0) is 14.1. The van der Waals surface area contributed by atoms with Crippen LogP contribution in [0.25, 0.3) is 0 Å². The van der Waals surface area contributed by atoms with E-state index in [9.17, 15) is 0 Å². The van der Waals surface area contributed by atoms with E-state index < -0.39 is 0 Å². The zero-order valence-electron chi connectivity index (χ0n) is 13.2. The first kappa shape index (κ1) is 17.1. The normalized spacial score (nSPS) is 11.2. The van der Waals surface area contributed by atoms with Gasteiger partial charge in [0, 0.05) is 23.7 Å². The van der Waals surface area contributed by atoms with E-state index in [2.05, 4.69) is 65.2 Å². The Hall–Kier alpha value is -0.880. The van der Waals surface area contributed by atoms with Gasteiger partial charge in [-0.05, 0) is 40.5 Å². The molecule has 0 aromatic carbocycles. The lowest BCUT2D eigenvalue weighted by atomic mass is 9.69. The van der Waals surface area contributed by atoms with E-state index in [0.29, 0.717) is 0 Å². The maximum absolute atomic E-state index is 3.42. The number of hydrogen-bond acceptors (Lipinski definition) is 0. The molecule has 0 N–H and O–H groups in total. The lowest BCUT2D eigenvalue weighted by Crippen LogP contribution is -2.29. The Kier molecular flexibility index (Phi) is 7.86. The van der Waals surface area contributed by atoms with Crippen molar-refractivity contribution < 1.29 is 0 Å². The van der Waals surface area contributed by atoms with Gasteiger partial charge in [-0.1, -0.05) is 38.5 Å². The fourth-order valence-corrected chi connectivity index (χ4v) is 1.41. The van der Waals surface area contributed by atoms with Crippen LogP contribution in [0.15, 0.2) is 0 Å². The van der Waals surface area contributed by atoms with Crippen molar-refractivity contribution in [2.75, 3.05) is 0 Å². The molecule has 102 valence electrons. The van der Waals surface area contributed by atoms with Crippen molar-refractivity contribution in [2.24, 2.45) is 10.8 Å². The molecule has 0 bridgehead atoms. The molecule has 0 spiro atoms. The molecule has 0 unspecified atom stereocenters. The summed E-state index contributed by atoms with van der Waals surface area (Å²) in [6.45, 7) is 13.2. The number of hydrogen-bond donors (Lipinski definition) is 0. The van der Waals surface area contributed by atoms with E-state index >= 15 is 0 Å². The van der Waals surface area contributed by atoms with Gasteiger partial charge in [0.15, 0.2) is 0 Å². The van der Waals surface area contributed by atoms with Gasteiger partial charge < -0.3 is 0 Å². The Bertz CT molecular complexity index is 300. The molecule has 0 nitrogen and oxygen atoms in total. The highest BCUT2D eigenvalue weighted by Gasteiger charge is 2.33. The van der Waals surface area contributed by atoms with Crippen molar-refractivity contribution in [1.29, 1.82) is 0 Å². The van der Waals surface area contributed by atoms with Gasteiger partial charge in [0.1, 0.15) is 0 Å². The van der Waals surface area contributed by atoms with Crippen LogP contribution in [0.1, 0.15) is 80.1 Å². The molecule has 0 aromatic rings. The van der Waals surface area contributed by atoms with Gasteiger partial charge in [0.25, 0.3) is 0 Å². The van der Waals surface area contributed by atoms with E-state index in [4.69, 9.17) is 0 Å². The van der Waals surface area contributed by atoms with Crippen LogP contribution in [0.5, 0.6) is 0 Å². The van der Waals surface area contributed by atoms with Gasteiger partial charge in [-0.25, -0.2) is 0 Å². The fourth-order valence-electron chi connectivity index (χ4n) is 1.41. The molecule has 0 saturated heterocycles. The molecule has 0 saturated carbocycles. The van der Waals surface area contributed by atoms with Crippen molar-refractivity contribution >= 4 is 0 Å². The standard InChI is InChI=1S/C18H30/c1-7-9-11-13-15-17(3,4)18(5,6)16-14-12-10-8-2/h7-12H2,1-6H3. The van der Waals surface area contributed by atoms with E-state index in [-0.39, 0.29) is 10.8 Å². The van der Waals surface area contributed by atoms with Crippen molar-refractivity contribution in [3.05, 3.63) is 0 Å². The summed E-state index contributed by atoms with van der Waals surface area (Å²) in [7, 11) is 0. The first-order chi connectivity index (χ1) is 8.37. The molecular weight excluding hydrogens is 216 g/mol. The van der Waals surface area contributed by atoms with Gasteiger partial charge >= 0.3 is 0 Å². The van der Waals surface area contributed by atoms with Crippen molar-refractivity contribution in [2.45, 2.75) is 80.1 Å². The minimum atomic E-state index is -0.0417. The van der Waals surface area contributed by atoms with Crippen molar-refractivity contribution in [3.63, 3.8) is 0 Å². The summed E-state index contributed by atoms with van der Waals surface area (Å²) in [6, 6.07) is 0. The Labute approximate surface area is 115 Å². The Morgan fingerprint density at radius 1 is 0.667 bits per heavy atom. The highest BCUT2D eigenvalue weighted by atomic mass is 14.3. The third-order valence-corrected chi connectivity index (χ3v) is 3.67. The Morgan fingerprint density at radius 3 is 1.28 bits per heavy atom. The zero-order valence-corrected chi connectivity index (χ0v) is 13.2. The van der Waals surface area contributed by atoms with Crippen LogP contribution in [0.2, 0.25) is 0 Å². The highest BCUT2D eigenvalue weighted by Crippen LogP contribution is 2.37. The van der Waals surface area contributed by atoms with E-state index in [1.54, 1.807) is 0 Å². The predicted molar refractivity (Wildman–Crippen MR) is 82.2 cm³/mol. The summed E-state index contributed by atoms with van der Waals surface area (Å²) < 4.78 is 0. The van der Waals surface area contributed by atoms with Crippen molar-refractivity contribution in [3.8, 4) is 23.7 Å². The maximum atomic E-state index is 3.42. The average Bonchev–Trinajstić information content (AvgIpc) is 2.30. The molecule has 0 aliphatic rings. The molecule has 0 atom stereocenters. The summed E-state index contributed by atoms with van der Waals surface area (Å²) in [5.41, 5.74) is -0.0834. The largest absolute Gasteiger partial charge is 0.103 e. The third-order valence-electron chi connectivity index (χ3n) is 3.67. The van der Waals surface area contributed by atoms with Gasteiger partial charge in [-0.3, -0.25) is 0 Å². The van der Waals surface area contributed by atoms with Gasteiger partial charge in [-0.15, -0.1) is 11.8 Å². The van der Waals surface area contributed by atoms with Crippen LogP contribution in [-0.4, -0.2) is 0 Å². The lowest BCUT2D eigenvalue weighted by molar-refractivity contribution is 0.259. The SMILES string of the molecule is CCCCC#CC(C)(C)C(C)(C)C#CCCCC. The predicted octanol–water partition coefficient (Wildman–Crippen LogP) is 5.43. The van der Waals surface area contributed by atoms with Gasteiger partial charge in [-0.2, -0.15) is 0 Å². The molecule has 0 aromatic heterocycles. The summed E-state index contributed by atoms with van der Waals surface area (Å²) in [5.74, 6) is 13.5. The fraction of sp³-hybridized carbons (Fsp3) is 0.778. The van der Waals surface area contributed by atoms with Crippen LogP contribution in [0.4, 0.5) is 0 Å². The minimum Gasteiger partial charge on any atom is -0.103 e. The van der Waals surface area contributed by atoms with Crippen LogP contribution in [0, 0.1) is 34.5 Å². The summed E-state index contributed by atoms with van der Waals surface area (Å²) in [5, 5.41) is 0. The first-order valence-corrected chi connectivity index (χ1v) is 7.37. The number of rotatable bonds is 5. The summed E-state index contributed by atoms with van der Waals surface area (Å²) in [6.07, 6.45) is 6.86. The first-order valence-electron chi connectivity index (χ1n) is 7.37. The molecule has 0 amide bonds. The molecule has 0 aliphatic heterocycles.